The van der Waals surface area contributed by atoms with Crippen LogP contribution in [0.5, 0.6) is 5.75 Å². The van der Waals surface area contributed by atoms with Crippen LogP contribution in [0, 0.1) is 0 Å². The third-order valence-corrected chi connectivity index (χ3v) is 10.0. The van der Waals surface area contributed by atoms with Gasteiger partial charge in [0.1, 0.15) is 30.5 Å². The Labute approximate surface area is 351 Å². The number of unbranched alkanes of at least 4 members (excludes halogenated alkanes) is 2. The maximum absolute atomic E-state index is 14.1. The highest BCUT2D eigenvalue weighted by atomic mass is 35.5. The Bertz CT molecular complexity index is 1970. The molecule has 0 saturated heterocycles. The van der Waals surface area contributed by atoms with Crippen LogP contribution in [0.15, 0.2) is 97.1 Å². The number of carbonyl (C=O) groups is 4. The molecule has 4 amide bonds. The number of nitrogens with two attached hydrogens (primary N) is 2. The zero-order valence-corrected chi connectivity index (χ0v) is 33.8. The Morgan fingerprint density at radius 1 is 0.644 bits per heavy atom. The molecule has 0 aliphatic carbocycles. The second-order valence-corrected chi connectivity index (χ2v) is 14.7. The van der Waals surface area contributed by atoms with Crippen LogP contribution in [-0.2, 0) is 44.9 Å². The van der Waals surface area contributed by atoms with E-state index in [0.717, 1.165) is 17.7 Å². The van der Waals surface area contributed by atoms with Gasteiger partial charge in [0.05, 0.1) is 22.0 Å². The molecule has 0 spiro atoms. The van der Waals surface area contributed by atoms with Gasteiger partial charge in [0.25, 0.3) is 0 Å². The normalized spacial score (nSPS) is 12.8. The monoisotopic (exact) mass is 856 g/mol. The van der Waals surface area contributed by atoms with Crippen LogP contribution in [-0.4, -0.2) is 48.8 Å². The van der Waals surface area contributed by atoms with Crippen molar-refractivity contribution < 1.29 is 37.1 Å². The van der Waals surface area contributed by atoms with Crippen molar-refractivity contribution in [3.8, 4) is 5.75 Å². The summed E-state index contributed by atoms with van der Waals surface area (Å²) in [7, 11) is 0. The maximum atomic E-state index is 14.1. The van der Waals surface area contributed by atoms with E-state index in [-0.39, 0.29) is 37.4 Å². The molecule has 4 rings (SSSR count). The van der Waals surface area contributed by atoms with Crippen molar-refractivity contribution in [2.24, 2.45) is 11.5 Å². The number of ether oxygens (including phenoxy) is 1. The number of rotatable bonds is 22. The molecule has 59 heavy (non-hydrogen) atoms. The molecule has 4 aromatic rings. The van der Waals surface area contributed by atoms with E-state index in [1.165, 1.54) is 12.1 Å². The predicted molar refractivity (Wildman–Crippen MR) is 221 cm³/mol. The first-order valence-electron chi connectivity index (χ1n) is 19.2. The van der Waals surface area contributed by atoms with Crippen LogP contribution in [0.3, 0.4) is 0 Å². The Morgan fingerprint density at radius 2 is 1.24 bits per heavy atom. The smallest absolute Gasteiger partial charge is 0.416 e. The van der Waals surface area contributed by atoms with Crippen molar-refractivity contribution >= 4 is 46.8 Å². The number of benzene rings is 4. The molecule has 8 N–H and O–H groups in total. The van der Waals surface area contributed by atoms with Crippen molar-refractivity contribution in [2.75, 3.05) is 13.1 Å². The second kappa shape index (κ2) is 23.4. The second-order valence-electron chi connectivity index (χ2n) is 13.9. The molecule has 0 bridgehead atoms. The summed E-state index contributed by atoms with van der Waals surface area (Å²) in [5.74, 6) is -1.82. The lowest BCUT2D eigenvalue weighted by Crippen LogP contribution is -2.55. The fraction of sp³-hybridized carbons (Fsp3) is 0.349. The minimum Gasteiger partial charge on any atom is -0.489 e. The van der Waals surface area contributed by atoms with Gasteiger partial charge in [-0.25, -0.2) is 0 Å². The van der Waals surface area contributed by atoms with Crippen molar-refractivity contribution in [2.45, 2.75) is 82.4 Å². The first kappa shape index (κ1) is 46.5. The molecule has 0 radical (unpaired) electrons. The summed E-state index contributed by atoms with van der Waals surface area (Å²) in [6.07, 6.45) is -1.91. The maximum Gasteiger partial charge on any atom is 0.416 e. The first-order chi connectivity index (χ1) is 28.3. The van der Waals surface area contributed by atoms with Crippen LogP contribution in [0.4, 0.5) is 13.2 Å². The van der Waals surface area contributed by atoms with E-state index in [1.54, 1.807) is 42.5 Å². The van der Waals surface area contributed by atoms with Gasteiger partial charge in [0.15, 0.2) is 0 Å². The van der Waals surface area contributed by atoms with Crippen LogP contribution in [0.1, 0.15) is 72.4 Å². The summed E-state index contributed by atoms with van der Waals surface area (Å²) in [6, 6.07) is 21.6. The van der Waals surface area contributed by atoms with Gasteiger partial charge in [-0.15, -0.1) is 0 Å². The van der Waals surface area contributed by atoms with E-state index >= 15 is 0 Å². The van der Waals surface area contributed by atoms with Crippen molar-refractivity contribution in [1.82, 2.24) is 21.3 Å². The molecule has 0 saturated carbocycles. The van der Waals surface area contributed by atoms with Gasteiger partial charge in [-0.05, 0) is 110 Å². The van der Waals surface area contributed by atoms with Crippen LogP contribution in [0.25, 0.3) is 0 Å². The third kappa shape index (κ3) is 15.5. The molecule has 0 aliphatic rings. The minimum absolute atomic E-state index is 0.0114. The van der Waals surface area contributed by atoms with E-state index in [2.05, 4.69) is 21.3 Å². The Morgan fingerprint density at radius 3 is 1.83 bits per heavy atom. The average Bonchev–Trinajstić information content (AvgIpc) is 3.22. The summed E-state index contributed by atoms with van der Waals surface area (Å²) < 4.78 is 44.7. The molecule has 0 aliphatic heterocycles. The summed E-state index contributed by atoms with van der Waals surface area (Å²) in [4.78, 5) is 54.9. The van der Waals surface area contributed by atoms with Crippen LogP contribution >= 0.6 is 23.2 Å². The van der Waals surface area contributed by atoms with E-state index in [1.807, 2.05) is 30.3 Å². The lowest BCUT2D eigenvalue weighted by molar-refractivity contribution is -0.137. The zero-order valence-electron chi connectivity index (χ0n) is 32.3. The highest BCUT2D eigenvalue weighted by Crippen LogP contribution is 2.29. The lowest BCUT2D eigenvalue weighted by atomic mass is 10.0. The van der Waals surface area contributed by atoms with Crippen molar-refractivity contribution in [1.29, 1.82) is 0 Å². The van der Waals surface area contributed by atoms with Gasteiger partial charge in [0, 0.05) is 6.54 Å². The van der Waals surface area contributed by atoms with Crippen LogP contribution in [0.2, 0.25) is 10.0 Å². The Kier molecular flexibility index (Phi) is 18.5. The van der Waals surface area contributed by atoms with E-state index in [9.17, 15) is 32.3 Å². The quantitative estimate of drug-likeness (QED) is 0.0487. The van der Waals surface area contributed by atoms with E-state index < -0.39 is 53.5 Å². The van der Waals surface area contributed by atoms with Gasteiger partial charge in [0.2, 0.25) is 23.6 Å². The minimum atomic E-state index is -4.45. The molecule has 0 fully saturated rings. The number of carbonyl (C=O) groups excluding carboxylic acids is 4. The Hall–Kier alpha value is -5.15. The van der Waals surface area contributed by atoms with Gasteiger partial charge in [-0.1, -0.05) is 83.9 Å². The molecule has 316 valence electrons. The SMILES string of the molecule is NCCCC[C@H](NC(=O)Cc1ccc(Cl)c(Cl)c1)C(=O)N[C@@H](CCCCN)C(=O)N[C@H](C(=O)NCc1ccccc1)c1ccc(OCc2ccc(C(F)(F)F)cc2)cc1. The van der Waals surface area contributed by atoms with Gasteiger partial charge < -0.3 is 37.5 Å². The number of alkyl halides is 3. The van der Waals surface area contributed by atoms with Crippen molar-refractivity contribution in [3.63, 3.8) is 0 Å². The largest absolute Gasteiger partial charge is 0.489 e. The average molecular weight is 858 g/mol. The molecular formula is C43H49Cl2F3N6O5. The molecule has 0 unspecified atom stereocenters. The van der Waals surface area contributed by atoms with Gasteiger partial charge >= 0.3 is 6.18 Å². The number of halogens is 5. The van der Waals surface area contributed by atoms with Crippen LogP contribution < -0.4 is 37.5 Å². The zero-order chi connectivity index (χ0) is 42.8. The van der Waals surface area contributed by atoms with Gasteiger partial charge in [-0.2, -0.15) is 13.2 Å². The number of hydrogen-bond acceptors (Lipinski definition) is 7. The van der Waals surface area contributed by atoms with E-state index in [4.69, 9.17) is 39.4 Å². The highest BCUT2D eigenvalue weighted by molar-refractivity contribution is 6.42. The van der Waals surface area contributed by atoms with Crippen molar-refractivity contribution in [3.05, 3.63) is 135 Å². The summed E-state index contributed by atoms with van der Waals surface area (Å²) >= 11 is 12.2. The lowest BCUT2D eigenvalue weighted by Gasteiger charge is -2.26. The Balaban J connectivity index is 1.52. The predicted octanol–water partition coefficient (Wildman–Crippen LogP) is 6.54. The molecule has 3 atom stereocenters. The van der Waals surface area contributed by atoms with E-state index in [0.29, 0.717) is 66.2 Å². The fourth-order valence-electron chi connectivity index (χ4n) is 6.02. The summed E-state index contributed by atoms with van der Waals surface area (Å²) in [5.41, 5.74) is 13.0. The number of hydrogen-bond donors (Lipinski definition) is 6. The standard InChI is InChI=1S/C43H49Cl2F3N6O5/c44-34-21-14-30(24-35(34)45)25-38(55)52-36(10-4-6-22-49)40(56)53-37(11-5-7-23-50)41(57)54-39(42(58)51-26-28-8-2-1-3-9-28)31-15-19-33(20-16-31)59-27-29-12-17-32(18-13-29)43(46,47)48/h1-3,8-9,12-21,24,36-37,39H,4-7,10-11,22-23,25-27,49-50H2,(H,51,58)(H,52,55)(H,53,56)(H,54,57)/t36-,37-,39-/m0/s1. The summed E-state index contributed by atoms with van der Waals surface area (Å²) in [6.45, 7) is 0.897. The summed E-state index contributed by atoms with van der Waals surface area (Å²) in [5, 5.41) is 11.9. The van der Waals surface area contributed by atoms with Gasteiger partial charge in [-0.3, -0.25) is 19.2 Å². The molecule has 16 heteroatoms. The topological polar surface area (TPSA) is 178 Å². The molecule has 0 heterocycles. The fourth-order valence-corrected chi connectivity index (χ4v) is 6.34. The molecule has 11 nitrogen and oxygen atoms in total. The number of amides is 4. The number of nitrogens with one attached hydrogen (secondary N) is 4. The molecule has 0 aromatic heterocycles. The molecular weight excluding hydrogens is 808 g/mol. The third-order valence-electron chi connectivity index (χ3n) is 9.29. The first-order valence-corrected chi connectivity index (χ1v) is 20.0. The molecule has 4 aromatic carbocycles. The highest BCUT2D eigenvalue weighted by Gasteiger charge is 2.31.